The number of carbonyl (C=O) groups is 1. The number of methoxy groups -OCH3 is 1. The molecule has 0 radical (unpaired) electrons. The second-order valence-electron chi connectivity index (χ2n) is 7.22. The molecule has 28 heavy (non-hydrogen) atoms. The summed E-state index contributed by atoms with van der Waals surface area (Å²) in [5, 5.41) is 18.3. The summed E-state index contributed by atoms with van der Waals surface area (Å²) in [7, 11) is 1.51. The highest BCUT2D eigenvalue weighted by Gasteiger charge is 2.41. The lowest BCUT2D eigenvalue weighted by Crippen LogP contribution is -2.57. The van der Waals surface area contributed by atoms with Gasteiger partial charge in [0.15, 0.2) is 5.60 Å². The molecule has 0 saturated carbocycles. The summed E-state index contributed by atoms with van der Waals surface area (Å²) in [6.07, 6.45) is 2.94. The third kappa shape index (κ3) is 4.69. The van der Waals surface area contributed by atoms with Crippen LogP contribution in [0.3, 0.4) is 0 Å². The highest BCUT2D eigenvalue weighted by atomic mass is 19.1. The number of benzene rings is 1. The molecule has 1 aromatic heterocycles. The van der Waals surface area contributed by atoms with E-state index in [0.717, 1.165) is 5.69 Å². The number of carbonyl (C=O) groups excluding carboxylic acids is 1. The number of amides is 1. The average Bonchev–Trinajstić information content (AvgIpc) is 3.10. The Morgan fingerprint density at radius 2 is 2.21 bits per heavy atom. The Balaban J connectivity index is 1.57. The summed E-state index contributed by atoms with van der Waals surface area (Å²) in [4.78, 5) is 14.4. The summed E-state index contributed by atoms with van der Waals surface area (Å²) in [6.45, 7) is 3.91. The summed E-state index contributed by atoms with van der Waals surface area (Å²) < 4.78 is 21.1. The van der Waals surface area contributed by atoms with E-state index in [-0.39, 0.29) is 19.0 Å². The zero-order chi connectivity index (χ0) is 20.1. The lowest BCUT2D eigenvalue weighted by Gasteiger charge is -2.38. The maximum Gasteiger partial charge on any atom is 0.256 e. The number of ether oxygens (including phenoxy) is 1. The molecule has 1 aliphatic heterocycles. The van der Waals surface area contributed by atoms with E-state index in [1.54, 1.807) is 6.07 Å². The largest absolute Gasteiger partial charge is 0.497 e. The molecule has 2 aromatic rings. The molecule has 1 saturated heterocycles. The molecule has 1 atom stereocenters. The molecule has 1 aliphatic rings. The van der Waals surface area contributed by atoms with Gasteiger partial charge in [-0.1, -0.05) is 0 Å². The SMILES string of the molecule is COc1ccc(F)c(CN2CCCC(O)(CNCCn3ccc(C)n3)C2=O)c1. The fourth-order valence-electron chi connectivity index (χ4n) is 3.46. The standard InChI is InChI=1S/C20H27FN4O3/c1-15-6-10-25(23-15)11-8-22-14-20(27)7-3-9-24(19(20)26)13-16-12-17(28-2)4-5-18(16)21/h4-6,10,12,22,27H,3,7-9,11,13-14H2,1-2H3. The normalized spacial score (nSPS) is 19.9. The number of likely N-dealkylation sites (tertiary alicyclic amines) is 1. The van der Waals surface area contributed by atoms with Crippen LogP contribution in [0.1, 0.15) is 24.1 Å². The third-order valence-corrected chi connectivity index (χ3v) is 5.03. The van der Waals surface area contributed by atoms with Crippen molar-refractivity contribution in [2.45, 2.75) is 38.5 Å². The lowest BCUT2D eigenvalue weighted by molar-refractivity contribution is -0.157. The van der Waals surface area contributed by atoms with Crippen molar-refractivity contribution in [3.8, 4) is 5.75 Å². The van der Waals surface area contributed by atoms with Gasteiger partial charge in [0.25, 0.3) is 5.91 Å². The number of nitrogens with zero attached hydrogens (tertiary/aromatic N) is 3. The molecular formula is C20H27FN4O3. The zero-order valence-corrected chi connectivity index (χ0v) is 16.3. The van der Waals surface area contributed by atoms with Gasteiger partial charge in [0.05, 0.1) is 19.3 Å². The number of nitrogens with one attached hydrogen (secondary N) is 1. The monoisotopic (exact) mass is 390 g/mol. The van der Waals surface area contributed by atoms with E-state index in [2.05, 4.69) is 10.4 Å². The molecule has 7 nitrogen and oxygen atoms in total. The molecule has 0 aliphatic carbocycles. The molecule has 2 heterocycles. The van der Waals surface area contributed by atoms with Crippen LogP contribution in [0.4, 0.5) is 4.39 Å². The highest BCUT2D eigenvalue weighted by molar-refractivity contribution is 5.86. The van der Waals surface area contributed by atoms with Crippen molar-refractivity contribution in [2.75, 3.05) is 26.7 Å². The van der Waals surface area contributed by atoms with Crippen LogP contribution >= 0.6 is 0 Å². The van der Waals surface area contributed by atoms with Crippen LogP contribution in [-0.4, -0.2) is 58.0 Å². The van der Waals surface area contributed by atoms with Gasteiger partial charge in [-0.05, 0) is 44.0 Å². The number of halogens is 1. The number of aryl methyl sites for hydroxylation is 1. The minimum Gasteiger partial charge on any atom is -0.497 e. The van der Waals surface area contributed by atoms with Crippen molar-refractivity contribution in [2.24, 2.45) is 0 Å². The van der Waals surface area contributed by atoms with E-state index in [4.69, 9.17) is 4.74 Å². The van der Waals surface area contributed by atoms with Crippen molar-refractivity contribution in [3.05, 3.63) is 47.5 Å². The average molecular weight is 390 g/mol. The quantitative estimate of drug-likeness (QED) is 0.668. The van der Waals surface area contributed by atoms with Crippen molar-refractivity contribution in [1.29, 1.82) is 0 Å². The second kappa shape index (κ2) is 8.70. The molecule has 1 unspecified atom stereocenters. The minimum atomic E-state index is -1.48. The fraction of sp³-hybridized carbons (Fsp3) is 0.500. The highest BCUT2D eigenvalue weighted by Crippen LogP contribution is 2.25. The molecule has 0 bridgehead atoms. The van der Waals surface area contributed by atoms with Gasteiger partial charge in [-0.15, -0.1) is 0 Å². The molecule has 152 valence electrons. The summed E-state index contributed by atoms with van der Waals surface area (Å²) in [6, 6.07) is 6.37. The Kier molecular flexibility index (Phi) is 6.31. The van der Waals surface area contributed by atoms with Gasteiger partial charge in [0, 0.05) is 37.9 Å². The Hall–Kier alpha value is -2.45. The van der Waals surface area contributed by atoms with Crippen LogP contribution in [0.2, 0.25) is 0 Å². The van der Waals surface area contributed by atoms with E-state index in [0.29, 0.717) is 43.8 Å². The number of hydrogen-bond donors (Lipinski definition) is 2. The van der Waals surface area contributed by atoms with Crippen molar-refractivity contribution < 1.29 is 19.0 Å². The molecule has 3 rings (SSSR count). The van der Waals surface area contributed by atoms with Gasteiger partial charge >= 0.3 is 0 Å². The Labute approximate surface area is 164 Å². The Bertz CT molecular complexity index is 826. The topological polar surface area (TPSA) is 79.6 Å². The van der Waals surface area contributed by atoms with Crippen LogP contribution in [0.5, 0.6) is 5.75 Å². The van der Waals surface area contributed by atoms with Crippen molar-refractivity contribution >= 4 is 5.91 Å². The summed E-state index contributed by atoms with van der Waals surface area (Å²) in [5.41, 5.74) is -0.159. The molecule has 1 fully saturated rings. The predicted octanol–water partition coefficient (Wildman–Crippen LogP) is 1.48. The first-order valence-corrected chi connectivity index (χ1v) is 9.46. The number of hydrogen-bond acceptors (Lipinski definition) is 5. The molecular weight excluding hydrogens is 363 g/mol. The Morgan fingerprint density at radius 3 is 2.93 bits per heavy atom. The molecule has 0 spiro atoms. The van der Waals surface area contributed by atoms with Crippen molar-refractivity contribution in [1.82, 2.24) is 20.0 Å². The van der Waals surface area contributed by atoms with Gasteiger partial charge in [-0.2, -0.15) is 5.10 Å². The maximum atomic E-state index is 14.1. The molecule has 1 aromatic carbocycles. The fourth-order valence-corrected chi connectivity index (χ4v) is 3.46. The van der Waals surface area contributed by atoms with E-state index < -0.39 is 11.4 Å². The van der Waals surface area contributed by atoms with Gasteiger partial charge in [0.1, 0.15) is 11.6 Å². The molecule has 2 N–H and O–H groups in total. The van der Waals surface area contributed by atoms with E-state index in [1.165, 1.54) is 24.1 Å². The van der Waals surface area contributed by atoms with Crippen LogP contribution in [0, 0.1) is 12.7 Å². The van der Waals surface area contributed by atoms with Gasteiger partial charge in [-0.25, -0.2) is 4.39 Å². The predicted molar refractivity (Wildman–Crippen MR) is 102 cm³/mol. The summed E-state index contributed by atoms with van der Waals surface area (Å²) in [5.74, 6) is -0.231. The maximum absolute atomic E-state index is 14.1. The first kappa shape index (κ1) is 20.3. The zero-order valence-electron chi connectivity index (χ0n) is 16.3. The second-order valence-corrected chi connectivity index (χ2v) is 7.22. The number of aromatic nitrogens is 2. The van der Waals surface area contributed by atoms with Crippen LogP contribution < -0.4 is 10.1 Å². The summed E-state index contributed by atoms with van der Waals surface area (Å²) >= 11 is 0. The Morgan fingerprint density at radius 1 is 1.39 bits per heavy atom. The number of aliphatic hydroxyl groups is 1. The van der Waals surface area contributed by atoms with E-state index >= 15 is 0 Å². The third-order valence-electron chi connectivity index (χ3n) is 5.03. The van der Waals surface area contributed by atoms with Gasteiger partial charge in [0.2, 0.25) is 0 Å². The van der Waals surface area contributed by atoms with Crippen LogP contribution in [0.15, 0.2) is 30.5 Å². The van der Waals surface area contributed by atoms with E-state index in [9.17, 15) is 14.3 Å². The molecule has 8 heteroatoms. The van der Waals surface area contributed by atoms with Gasteiger partial charge in [-0.3, -0.25) is 9.48 Å². The van der Waals surface area contributed by atoms with Gasteiger partial charge < -0.3 is 20.1 Å². The van der Waals surface area contributed by atoms with Crippen LogP contribution in [0.25, 0.3) is 0 Å². The smallest absolute Gasteiger partial charge is 0.256 e. The lowest BCUT2D eigenvalue weighted by atomic mass is 9.91. The first-order valence-electron chi connectivity index (χ1n) is 9.46. The number of rotatable bonds is 8. The van der Waals surface area contributed by atoms with Crippen LogP contribution in [-0.2, 0) is 17.9 Å². The van der Waals surface area contributed by atoms with Crippen molar-refractivity contribution in [3.63, 3.8) is 0 Å². The number of piperidine rings is 1. The first-order chi connectivity index (χ1) is 13.4. The molecule has 1 amide bonds. The van der Waals surface area contributed by atoms with E-state index in [1.807, 2.05) is 23.9 Å². The minimum absolute atomic E-state index is 0.108.